The van der Waals surface area contributed by atoms with Gasteiger partial charge in [0.25, 0.3) is 0 Å². The molecule has 1 aromatic heterocycles. The van der Waals surface area contributed by atoms with Gasteiger partial charge in [-0.25, -0.2) is 0 Å². The van der Waals surface area contributed by atoms with Crippen LogP contribution in [0.5, 0.6) is 0 Å². The third-order valence-corrected chi connectivity index (χ3v) is 6.24. The van der Waals surface area contributed by atoms with Gasteiger partial charge in [0.2, 0.25) is 5.91 Å². The van der Waals surface area contributed by atoms with Gasteiger partial charge in [-0.2, -0.15) is 13.2 Å². The van der Waals surface area contributed by atoms with Crippen LogP contribution in [0.15, 0.2) is 30.5 Å². The zero-order valence-electron chi connectivity index (χ0n) is 20.4. The highest BCUT2D eigenvalue weighted by molar-refractivity contribution is 5.76. The molecule has 0 saturated heterocycles. The van der Waals surface area contributed by atoms with E-state index in [9.17, 15) is 23.1 Å². The highest BCUT2D eigenvalue weighted by Gasteiger charge is 2.31. The van der Waals surface area contributed by atoms with Gasteiger partial charge in [0.15, 0.2) is 0 Å². The van der Waals surface area contributed by atoms with Crippen LogP contribution < -0.4 is 0 Å². The van der Waals surface area contributed by atoms with Crippen LogP contribution in [0.3, 0.4) is 0 Å². The van der Waals surface area contributed by atoms with Crippen molar-refractivity contribution in [3.8, 4) is 0 Å². The number of likely N-dealkylation sites (N-methyl/N-ethyl adjacent to an activating group) is 1. The van der Waals surface area contributed by atoms with Crippen LogP contribution in [-0.4, -0.2) is 74.7 Å². The second-order valence-corrected chi connectivity index (χ2v) is 9.38. The normalized spacial score (nSPS) is 21.4. The molecule has 0 fully saturated rings. The van der Waals surface area contributed by atoms with Crippen LogP contribution in [0.1, 0.15) is 43.5 Å². The third-order valence-electron chi connectivity index (χ3n) is 6.24. The van der Waals surface area contributed by atoms with E-state index >= 15 is 0 Å². The number of nitrogens with zero attached hydrogens (tertiary/aromatic N) is 5. The molecule has 3 rings (SSSR count). The molecule has 0 spiro atoms. The first-order valence-electron chi connectivity index (χ1n) is 11.8. The van der Waals surface area contributed by atoms with Crippen molar-refractivity contribution in [1.29, 1.82) is 0 Å². The number of fused-ring (bicyclic) bond motifs is 2. The van der Waals surface area contributed by atoms with Crippen molar-refractivity contribution in [2.24, 2.45) is 5.92 Å². The average molecular weight is 498 g/mol. The minimum atomic E-state index is -4.39. The molecule has 1 aromatic carbocycles. The highest BCUT2D eigenvalue weighted by Crippen LogP contribution is 2.29. The van der Waals surface area contributed by atoms with E-state index in [0.717, 1.165) is 12.1 Å². The first-order valence-corrected chi connectivity index (χ1v) is 11.8. The van der Waals surface area contributed by atoms with Crippen LogP contribution in [0.2, 0.25) is 0 Å². The number of alkyl halides is 3. The van der Waals surface area contributed by atoms with E-state index in [-0.39, 0.29) is 37.2 Å². The molecule has 35 heavy (non-hydrogen) atoms. The monoisotopic (exact) mass is 497 g/mol. The van der Waals surface area contributed by atoms with E-state index in [1.807, 2.05) is 25.8 Å². The number of carbonyl (C=O) groups is 1. The summed E-state index contributed by atoms with van der Waals surface area (Å²) < 4.78 is 47.2. The summed E-state index contributed by atoms with van der Waals surface area (Å²) in [6.07, 6.45) is -2.00. The minimum absolute atomic E-state index is 0.0472. The van der Waals surface area contributed by atoms with Crippen LogP contribution in [0, 0.1) is 5.92 Å². The Labute approximate surface area is 203 Å². The first kappa shape index (κ1) is 27.1. The number of aromatic nitrogens is 3. The van der Waals surface area contributed by atoms with Crippen molar-refractivity contribution >= 4 is 5.91 Å². The number of aryl methyl sites for hydroxylation is 1. The Kier molecular flexibility index (Phi) is 9.26. The molecule has 1 N–H and O–H groups in total. The zero-order chi connectivity index (χ0) is 25.6. The lowest BCUT2D eigenvalue weighted by atomic mass is 10.0. The lowest BCUT2D eigenvalue weighted by Gasteiger charge is -2.35. The van der Waals surface area contributed by atoms with Gasteiger partial charge in [-0.15, -0.1) is 5.10 Å². The van der Waals surface area contributed by atoms with Gasteiger partial charge in [0.1, 0.15) is 5.69 Å². The maximum Gasteiger partial charge on any atom is 0.416 e. The van der Waals surface area contributed by atoms with Crippen LogP contribution in [0.25, 0.3) is 0 Å². The Balaban J connectivity index is 1.76. The van der Waals surface area contributed by atoms with Crippen LogP contribution in [0.4, 0.5) is 13.2 Å². The smallest absolute Gasteiger partial charge is 0.394 e. The summed E-state index contributed by atoms with van der Waals surface area (Å²) in [5, 5.41) is 17.9. The fraction of sp³-hybridized carbons (Fsp3) is 0.625. The van der Waals surface area contributed by atoms with Crippen molar-refractivity contribution in [2.75, 3.05) is 26.7 Å². The fourth-order valence-corrected chi connectivity index (χ4v) is 4.22. The molecule has 2 bridgehead atoms. The van der Waals surface area contributed by atoms with Crippen molar-refractivity contribution in [1.82, 2.24) is 24.8 Å². The molecule has 194 valence electrons. The number of halogens is 3. The van der Waals surface area contributed by atoms with Crippen molar-refractivity contribution < 1.29 is 27.8 Å². The van der Waals surface area contributed by atoms with Gasteiger partial charge < -0.3 is 14.7 Å². The van der Waals surface area contributed by atoms with E-state index in [2.05, 4.69) is 10.3 Å². The number of aliphatic hydroxyl groups excluding tert-OH is 1. The number of aliphatic hydroxyl groups is 1. The van der Waals surface area contributed by atoms with Gasteiger partial charge in [-0.05, 0) is 32.0 Å². The summed E-state index contributed by atoms with van der Waals surface area (Å²) in [7, 11) is 1.83. The van der Waals surface area contributed by atoms with E-state index in [0.29, 0.717) is 50.3 Å². The Bertz CT molecular complexity index is 968. The fourth-order valence-electron chi connectivity index (χ4n) is 4.22. The number of hydrogen-bond acceptors (Lipinski definition) is 6. The number of amides is 1. The molecule has 1 aliphatic rings. The molecular formula is C24H34F3N5O3. The van der Waals surface area contributed by atoms with Gasteiger partial charge >= 0.3 is 6.18 Å². The minimum Gasteiger partial charge on any atom is -0.394 e. The molecule has 0 unspecified atom stereocenters. The Morgan fingerprint density at radius 1 is 1.34 bits per heavy atom. The largest absolute Gasteiger partial charge is 0.416 e. The summed E-state index contributed by atoms with van der Waals surface area (Å²) in [6, 6.07) is 4.96. The predicted octanol–water partition coefficient (Wildman–Crippen LogP) is 2.95. The molecular weight excluding hydrogens is 463 g/mol. The summed E-state index contributed by atoms with van der Waals surface area (Å²) in [6.45, 7) is 5.56. The van der Waals surface area contributed by atoms with Gasteiger partial charge in [-0.3, -0.25) is 14.4 Å². The molecule has 1 amide bonds. The summed E-state index contributed by atoms with van der Waals surface area (Å²) in [4.78, 5) is 16.5. The number of benzene rings is 1. The van der Waals surface area contributed by atoms with Crippen LogP contribution in [-0.2, 0) is 35.4 Å². The van der Waals surface area contributed by atoms with Gasteiger partial charge in [0, 0.05) is 38.5 Å². The highest BCUT2D eigenvalue weighted by atomic mass is 19.4. The van der Waals surface area contributed by atoms with E-state index in [4.69, 9.17) is 4.74 Å². The van der Waals surface area contributed by atoms with Crippen LogP contribution >= 0.6 is 0 Å². The summed E-state index contributed by atoms with van der Waals surface area (Å²) >= 11 is 0. The maximum atomic E-state index is 13.1. The summed E-state index contributed by atoms with van der Waals surface area (Å²) in [5.41, 5.74) is 0.549. The van der Waals surface area contributed by atoms with Gasteiger partial charge in [0.05, 0.1) is 37.1 Å². The van der Waals surface area contributed by atoms with E-state index < -0.39 is 11.7 Å². The lowest BCUT2D eigenvalue weighted by Crippen LogP contribution is -2.47. The summed E-state index contributed by atoms with van der Waals surface area (Å²) in [5.74, 6) is -0.151. The second kappa shape index (κ2) is 12.0. The lowest BCUT2D eigenvalue weighted by molar-refractivity contribution is -0.138. The number of rotatable bonds is 6. The molecule has 11 heteroatoms. The average Bonchev–Trinajstić information content (AvgIpc) is 3.26. The molecule has 0 aliphatic carbocycles. The number of carbonyl (C=O) groups excluding carboxylic acids is 1. The zero-order valence-corrected chi connectivity index (χ0v) is 20.4. The predicted molar refractivity (Wildman–Crippen MR) is 123 cm³/mol. The number of ether oxygens (including phenoxy) is 1. The molecule has 0 radical (unpaired) electrons. The maximum absolute atomic E-state index is 13.1. The molecule has 1 aliphatic heterocycles. The molecule has 8 nitrogen and oxygen atoms in total. The second-order valence-electron chi connectivity index (χ2n) is 9.38. The molecule has 2 aromatic rings. The van der Waals surface area contributed by atoms with Crippen molar-refractivity contribution in [3.05, 3.63) is 47.3 Å². The molecule has 0 saturated carbocycles. The topological polar surface area (TPSA) is 83.7 Å². The standard InChI is InChI=1S/C24H34F3N5O3/c1-17-11-32(18(2)15-33)23(34)8-5-9-31-13-21(28-29-31)16-35-22(17)14-30(3)12-19-6-4-7-20(10-19)24(25,26)27/h4,6-7,10,13,17-18,22,33H,5,8-9,11-12,14-16H2,1-3H3/t17-,18-,22+/m1/s1. The third kappa shape index (κ3) is 7.74. The van der Waals surface area contributed by atoms with Crippen molar-refractivity contribution in [3.63, 3.8) is 0 Å². The molecule has 2 heterocycles. The van der Waals surface area contributed by atoms with Gasteiger partial charge in [-0.1, -0.05) is 30.3 Å². The Hall–Kier alpha value is -2.50. The van der Waals surface area contributed by atoms with E-state index in [1.54, 1.807) is 21.8 Å². The first-order chi connectivity index (χ1) is 16.6. The van der Waals surface area contributed by atoms with Crippen molar-refractivity contribution in [2.45, 2.75) is 64.7 Å². The quantitative estimate of drug-likeness (QED) is 0.661. The molecule has 3 atom stereocenters. The Morgan fingerprint density at radius 2 is 2.11 bits per heavy atom. The number of hydrogen-bond donors (Lipinski definition) is 1. The Morgan fingerprint density at radius 3 is 2.83 bits per heavy atom. The SMILES string of the molecule is C[C@@H]1CN([C@H](C)CO)C(=O)CCCn2cc(nn2)CO[C@H]1CN(C)Cc1cccc(C(F)(F)F)c1. The van der Waals surface area contributed by atoms with E-state index in [1.165, 1.54) is 6.07 Å².